The van der Waals surface area contributed by atoms with E-state index in [9.17, 15) is 17.6 Å². The number of hydrogen-bond donors (Lipinski definition) is 0. The number of ether oxygens (including phenoxy) is 1. The summed E-state index contributed by atoms with van der Waals surface area (Å²) in [6.07, 6.45) is -2.80. The topological polar surface area (TPSA) is 15.7 Å². The van der Waals surface area contributed by atoms with E-state index < -0.39 is 11.7 Å². The first kappa shape index (κ1) is 22.9. The molecule has 3 aliphatic rings. The van der Waals surface area contributed by atoms with Crippen LogP contribution in [-0.4, -0.2) is 62.3 Å². The molecule has 2 fully saturated rings. The Labute approximate surface area is 195 Å². The Morgan fingerprint density at radius 2 is 1.52 bits per heavy atom. The lowest BCUT2D eigenvalue weighted by Crippen LogP contribution is -2.42. The third-order valence-corrected chi connectivity index (χ3v) is 7.79. The summed E-state index contributed by atoms with van der Waals surface area (Å²) in [4.78, 5) is 6.35. The van der Waals surface area contributed by atoms with Gasteiger partial charge in [-0.3, -0.25) is 4.90 Å². The lowest BCUT2D eigenvalue weighted by molar-refractivity contribution is -0.137. The first-order chi connectivity index (χ1) is 15.9. The fourth-order valence-electron chi connectivity index (χ4n) is 4.83. The van der Waals surface area contributed by atoms with Gasteiger partial charge in [0.1, 0.15) is 5.82 Å². The van der Waals surface area contributed by atoms with Crippen molar-refractivity contribution in [2.24, 2.45) is 0 Å². The van der Waals surface area contributed by atoms with Crippen molar-refractivity contribution in [2.45, 2.75) is 28.8 Å². The molecule has 0 radical (unpaired) electrons. The zero-order valence-corrected chi connectivity index (χ0v) is 19.1. The summed E-state index contributed by atoms with van der Waals surface area (Å²) in [5.74, 6) is -0.334. The van der Waals surface area contributed by atoms with Gasteiger partial charge in [0.25, 0.3) is 0 Å². The molecule has 0 saturated carbocycles. The summed E-state index contributed by atoms with van der Waals surface area (Å²) in [6.45, 7) is 7.24. The predicted octanol–water partition coefficient (Wildman–Crippen LogP) is 5.54. The van der Waals surface area contributed by atoms with E-state index in [1.807, 2.05) is 0 Å². The molecule has 0 unspecified atom stereocenters. The van der Waals surface area contributed by atoms with Crippen molar-refractivity contribution in [1.29, 1.82) is 0 Å². The first-order valence-corrected chi connectivity index (χ1v) is 12.1. The summed E-state index contributed by atoms with van der Waals surface area (Å²) >= 11 is 1.34. The third-order valence-electron chi connectivity index (χ3n) is 6.66. The van der Waals surface area contributed by atoms with E-state index >= 15 is 0 Å². The molecule has 0 aromatic heterocycles. The lowest BCUT2D eigenvalue weighted by atomic mass is 9.87. The monoisotopic (exact) mass is 478 g/mol. The number of benzene rings is 2. The van der Waals surface area contributed by atoms with Crippen molar-refractivity contribution in [2.75, 3.05) is 52.5 Å². The van der Waals surface area contributed by atoms with Gasteiger partial charge in [0.2, 0.25) is 0 Å². The number of hydrogen-bond acceptors (Lipinski definition) is 4. The van der Waals surface area contributed by atoms with Gasteiger partial charge in [-0.05, 0) is 59.9 Å². The number of morpholine rings is 1. The average Bonchev–Trinajstić information content (AvgIpc) is 2.81. The van der Waals surface area contributed by atoms with Gasteiger partial charge in [0, 0.05) is 49.1 Å². The van der Waals surface area contributed by atoms with E-state index in [1.54, 1.807) is 6.07 Å². The highest BCUT2D eigenvalue weighted by molar-refractivity contribution is 7.99. The van der Waals surface area contributed by atoms with Crippen LogP contribution in [0.1, 0.15) is 29.5 Å². The van der Waals surface area contributed by atoms with Gasteiger partial charge >= 0.3 is 6.18 Å². The molecule has 0 bridgehead atoms. The summed E-state index contributed by atoms with van der Waals surface area (Å²) in [7, 11) is 0. The number of alkyl halides is 3. The van der Waals surface area contributed by atoms with Crippen LogP contribution in [0.25, 0.3) is 5.57 Å². The molecule has 0 N–H and O–H groups in total. The van der Waals surface area contributed by atoms with Gasteiger partial charge in [-0.1, -0.05) is 23.4 Å². The Kier molecular flexibility index (Phi) is 6.53. The van der Waals surface area contributed by atoms with E-state index in [1.165, 1.54) is 36.0 Å². The van der Waals surface area contributed by atoms with Crippen LogP contribution in [0, 0.1) is 5.82 Å². The summed E-state index contributed by atoms with van der Waals surface area (Å²) in [5.41, 5.74) is 2.83. The van der Waals surface area contributed by atoms with Gasteiger partial charge in [0.15, 0.2) is 0 Å². The number of rotatable bonds is 3. The molecular weight excluding hydrogens is 452 g/mol. The maximum atomic E-state index is 14.0. The quantitative estimate of drug-likeness (QED) is 0.459. The molecule has 0 amide bonds. The highest BCUT2D eigenvalue weighted by atomic mass is 32.2. The number of piperidine rings is 1. The van der Waals surface area contributed by atoms with E-state index in [-0.39, 0.29) is 5.82 Å². The molecule has 5 rings (SSSR count). The molecule has 0 aliphatic carbocycles. The number of halogens is 4. The zero-order valence-electron chi connectivity index (χ0n) is 18.3. The average molecular weight is 479 g/mol. The minimum Gasteiger partial charge on any atom is -0.379 e. The summed E-state index contributed by atoms with van der Waals surface area (Å²) < 4.78 is 59.8. The van der Waals surface area contributed by atoms with Crippen molar-refractivity contribution in [3.05, 3.63) is 64.5 Å². The van der Waals surface area contributed by atoms with Gasteiger partial charge in [-0.25, -0.2) is 4.39 Å². The largest absolute Gasteiger partial charge is 0.416 e. The van der Waals surface area contributed by atoms with Crippen LogP contribution < -0.4 is 0 Å². The van der Waals surface area contributed by atoms with Gasteiger partial charge in [-0.15, -0.1) is 0 Å². The maximum absolute atomic E-state index is 14.0. The standard InChI is InChI=1S/C25H26F4N2OS/c26-19-2-3-20-23(16-19)33-22-4-1-18(25(27,28)29)15-21(22)24(20)17-5-7-30(8-6-17)9-10-31-11-13-32-14-12-31/h1-4,15-16H,5-14H2. The molecule has 176 valence electrons. The second-order valence-electron chi connectivity index (χ2n) is 8.73. The summed E-state index contributed by atoms with van der Waals surface area (Å²) in [5, 5.41) is 0. The van der Waals surface area contributed by atoms with Crippen LogP contribution in [0.15, 0.2) is 51.8 Å². The van der Waals surface area contributed by atoms with E-state index in [0.29, 0.717) is 5.56 Å². The molecule has 8 heteroatoms. The fraction of sp³-hybridized carbons (Fsp3) is 0.440. The normalized spacial score (nSPS) is 20.0. The Hall–Kier alpha value is -1.87. The van der Waals surface area contributed by atoms with Crippen LogP contribution in [0.2, 0.25) is 0 Å². The van der Waals surface area contributed by atoms with Crippen LogP contribution in [-0.2, 0) is 10.9 Å². The predicted molar refractivity (Wildman–Crippen MR) is 121 cm³/mol. The Bertz CT molecular complexity index is 1050. The van der Waals surface area contributed by atoms with E-state index in [4.69, 9.17) is 4.74 Å². The van der Waals surface area contributed by atoms with Crippen molar-refractivity contribution in [3.63, 3.8) is 0 Å². The zero-order chi connectivity index (χ0) is 23.0. The fourth-order valence-corrected chi connectivity index (χ4v) is 5.92. The molecule has 3 nitrogen and oxygen atoms in total. The molecule has 0 atom stereocenters. The minimum absolute atomic E-state index is 0.334. The van der Waals surface area contributed by atoms with Crippen molar-refractivity contribution >= 4 is 17.3 Å². The molecule has 3 heterocycles. The molecule has 3 aliphatic heterocycles. The van der Waals surface area contributed by atoms with Crippen LogP contribution in [0.5, 0.6) is 0 Å². The molecule has 33 heavy (non-hydrogen) atoms. The number of nitrogens with zero attached hydrogens (tertiary/aromatic N) is 2. The van der Waals surface area contributed by atoms with Crippen LogP contribution >= 0.6 is 11.8 Å². The van der Waals surface area contributed by atoms with Crippen molar-refractivity contribution < 1.29 is 22.3 Å². The Morgan fingerprint density at radius 3 is 2.21 bits per heavy atom. The van der Waals surface area contributed by atoms with Gasteiger partial charge in [-0.2, -0.15) is 13.2 Å². The van der Waals surface area contributed by atoms with E-state index in [0.717, 1.165) is 97.9 Å². The lowest BCUT2D eigenvalue weighted by Gasteiger charge is -2.34. The van der Waals surface area contributed by atoms with Gasteiger partial charge < -0.3 is 9.64 Å². The molecule has 2 saturated heterocycles. The second kappa shape index (κ2) is 9.41. The molecule has 2 aromatic carbocycles. The third kappa shape index (κ3) is 4.99. The molecule has 2 aromatic rings. The minimum atomic E-state index is -4.40. The molecular formula is C25H26F4N2OS. The SMILES string of the molecule is Fc1ccc2c(c1)Sc1ccc(C(F)(F)F)cc1C2=C1CCN(CCN2CCOCC2)CC1. The van der Waals surface area contributed by atoms with Crippen LogP contribution in [0.4, 0.5) is 17.6 Å². The second-order valence-corrected chi connectivity index (χ2v) is 9.81. The maximum Gasteiger partial charge on any atom is 0.416 e. The highest BCUT2D eigenvalue weighted by Crippen LogP contribution is 2.49. The number of fused-ring (bicyclic) bond motifs is 2. The Balaban J connectivity index is 1.42. The smallest absolute Gasteiger partial charge is 0.379 e. The van der Waals surface area contributed by atoms with E-state index in [2.05, 4.69) is 9.80 Å². The summed E-state index contributed by atoms with van der Waals surface area (Å²) in [6, 6.07) is 8.51. The molecule has 0 spiro atoms. The number of likely N-dealkylation sites (tertiary alicyclic amines) is 1. The van der Waals surface area contributed by atoms with Crippen molar-refractivity contribution in [3.8, 4) is 0 Å². The van der Waals surface area contributed by atoms with Gasteiger partial charge in [0.05, 0.1) is 18.8 Å². The first-order valence-electron chi connectivity index (χ1n) is 11.3. The van der Waals surface area contributed by atoms with Crippen molar-refractivity contribution in [1.82, 2.24) is 9.80 Å². The Morgan fingerprint density at radius 1 is 0.818 bits per heavy atom. The van der Waals surface area contributed by atoms with Crippen LogP contribution in [0.3, 0.4) is 0 Å². The highest BCUT2D eigenvalue weighted by Gasteiger charge is 2.33.